The molecule has 0 saturated heterocycles. The Morgan fingerprint density at radius 3 is 2.76 bits per heavy atom. The number of rotatable bonds is 7. The van der Waals surface area contributed by atoms with Crippen LogP contribution < -0.4 is 10.2 Å². The van der Waals surface area contributed by atoms with Crippen molar-refractivity contribution in [1.82, 2.24) is 9.97 Å². The van der Waals surface area contributed by atoms with Crippen LogP contribution in [0.4, 0.5) is 11.6 Å². The minimum absolute atomic E-state index is 0.194. The zero-order valence-corrected chi connectivity index (χ0v) is 11.9. The molecule has 0 aliphatic rings. The number of hydrogen-bond acceptors (Lipinski definition) is 5. The summed E-state index contributed by atoms with van der Waals surface area (Å²) in [6.07, 6.45) is 2.29. The minimum Gasteiger partial charge on any atom is -0.396 e. The molecule has 0 atom stereocenters. The molecule has 0 unspecified atom stereocenters. The van der Waals surface area contributed by atoms with Gasteiger partial charge in [0.25, 0.3) is 0 Å². The second-order valence-corrected chi connectivity index (χ2v) is 4.34. The predicted octanol–water partition coefficient (Wildman–Crippen LogP) is 1.88. The van der Waals surface area contributed by atoms with Crippen LogP contribution in [0, 0.1) is 0 Å². The molecule has 1 heterocycles. The topological polar surface area (TPSA) is 61.3 Å². The Labute approximate surface area is 110 Å². The average Bonchev–Trinajstić information content (AvgIpc) is 2.34. The molecule has 1 rings (SSSR count). The number of nitrogens with one attached hydrogen (secondary N) is 1. The first-order chi connectivity index (χ1) is 8.24. The minimum atomic E-state index is 0.194. The largest absolute Gasteiger partial charge is 0.396 e. The van der Waals surface area contributed by atoms with Crippen LogP contribution in [0.3, 0.4) is 0 Å². The molecular weight excluding hydrogens is 284 g/mol. The summed E-state index contributed by atoms with van der Waals surface area (Å²) in [5.41, 5.74) is 0. The van der Waals surface area contributed by atoms with Crippen LogP contribution in [-0.4, -0.2) is 41.3 Å². The Hall–Kier alpha value is -0.880. The van der Waals surface area contributed by atoms with Gasteiger partial charge < -0.3 is 15.3 Å². The molecule has 5 nitrogen and oxygen atoms in total. The quantitative estimate of drug-likeness (QED) is 0.805. The third-order valence-corrected chi connectivity index (χ3v) is 3.11. The molecule has 0 amide bonds. The molecule has 0 fully saturated rings. The first-order valence-electron chi connectivity index (χ1n) is 5.84. The van der Waals surface area contributed by atoms with Crippen LogP contribution in [0.5, 0.6) is 0 Å². The second kappa shape index (κ2) is 7.45. The SMILES string of the molecule is CCNc1ncnc(N(CC)CCCO)c1Br. The Morgan fingerprint density at radius 2 is 2.18 bits per heavy atom. The predicted molar refractivity (Wildman–Crippen MR) is 73.5 cm³/mol. The van der Waals surface area contributed by atoms with Crippen LogP contribution >= 0.6 is 15.9 Å². The van der Waals surface area contributed by atoms with Crippen molar-refractivity contribution in [2.75, 3.05) is 36.5 Å². The lowest BCUT2D eigenvalue weighted by molar-refractivity contribution is 0.289. The van der Waals surface area contributed by atoms with Gasteiger partial charge in [0.05, 0.1) is 0 Å². The summed E-state index contributed by atoms with van der Waals surface area (Å²) in [4.78, 5) is 10.6. The summed E-state index contributed by atoms with van der Waals surface area (Å²) < 4.78 is 0.877. The summed E-state index contributed by atoms with van der Waals surface area (Å²) in [5.74, 6) is 1.67. The van der Waals surface area contributed by atoms with Crippen LogP contribution in [0.25, 0.3) is 0 Å². The lowest BCUT2D eigenvalue weighted by Gasteiger charge is -2.23. The second-order valence-electron chi connectivity index (χ2n) is 3.55. The number of nitrogens with zero attached hydrogens (tertiary/aromatic N) is 3. The number of aliphatic hydroxyl groups is 1. The van der Waals surface area contributed by atoms with Crippen molar-refractivity contribution in [1.29, 1.82) is 0 Å². The maximum atomic E-state index is 8.88. The summed E-state index contributed by atoms with van der Waals surface area (Å²) >= 11 is 3.52. The van der Waals surface area contributed by atoms with E-state index >= 15 is 0 Å². The van der Waals surface area contributed by atoms with Crippen molar-refractivity contribution < 1.29 is 5.11 Å². The van der Waals surface area contributed by atoms with Crippen LogP contribution in [0.1, 0.15) is 20.3 Å². The third kappa shape index (κ3) is 3.81. The smallest absolute Gasteiger partial charge is 0.148 e. The Balaban J connectivity index is 2.90. The Morgan fingerprint density at radius 1 is 1.41 bits per heavy atom. The van der Waals surface area contributed by atoms with E-state index in [2.05, 4.69) is 43.0 Å². The summed E-state index contributed by atoms with van der Waals surface area (Å²) in [6.45, 7) is 6.74. The van der Waals surface area contributed by atoms with Gasteiger partial charge in [0.1, 0.15) is 22.4 Å². The molecule has 17 heavy (non-hydrogen) atoms. The molecular formula is C11H19BrN4O. The molecule has 0 bridgehead atoms. The number of anilines is 2. The number of hydrogen-bond donors (Lipinski definition) is 2. The van der Waals surface area contributed by atoms with Crippen LogP contribution in [0.15, 0.2) is 10.8 Å². The van der Waals surface area contributed by atoms with Gasteiger partial charge >= 0.3 is 0 Å². The zero-order valence-electron chi connectivity index (χ0n) is 10.3. The Kier molecular flexibility index (Phi) is 6.21. The first kappa shape index (κ1) is 14.2. The van der Waals surface area contributed by atoms with Gasteiger partial charge in [-0.2, -0.15) is 0 Å². The highest BCUT2D eigenvalue weighted by Gasteiger charge is 2.13. The fraction of sp³-hybridized carbons (Fsp3) is 0.636. The highest BCUT2D eigenvalue weighted by Crippen LogP contribution is 2.29. The van der Waals surface area contributed by atoms with Gasteiger partial charge in [-0.05, 0) is 36.2 Å². The summed E-state index contributed by atoms with van der Waals surface area (Å²) in [6, 6.07) is 0. The maximum absolute atomic E-state index is 8.88. The van der Waals surface area contributed by atoms with Gasteiger partial charge in [-0.1, -0.05) is 0 Å². The van der Waals surface area contributed by atoms with Crippen molar-refractivity contribution >= 4 is 27.6 Å². The highest BCUT2D eigenvalue weighted by molar-refractivity contribution is 9.10. The molecule has 6 heteroatoms. The van der Waals surface area contributed by atoms with Gasteiger partial charge in [-0.3, -0.25) is 0 Å². The van der Waals surface area contributed by atoms with E-state index in [1.807, 2.05) is 6.92 Å². The summed E-state index contributed by atoms with van der Waals surface area (Å²) in [5, 5.41) is 12.1. The van der Waals surface area contributed by atoms with Crippen molar-refractivity contribution in [2.45, 2.75) is 20.3 Å². The molecule has 0 aliphatic heterocycles. The van der Waals surface area contributed by atoms with Gasteiger partial charge in [0, 0.05) is 26.2 Å². The van der Waals surface area contributed by atoms with Crippen LogP contribution in [0.2, 0.25) is 0 Å². The molecule has 0 radical (unpaired) electrons. The molecule has 96 valence electrons. The van der Waals surface area contributed by atoms with E-state index in [9.17, 15) is 0 Å². The highest BCUT2D eigenvalue weighted by atomic mass is 79.9. The van der Waals surface area contributed by atoms with Gasteiger partial charge in [0.15, 0.2) is 0 Å². The van der Waals surface area contributed by atoms with Gasteiger partial charge in [0.2, 0.25) is 0 Å². The number of halogens is 1. The summed E-state index contributed by atoms with van der Waals surface area (Å²) in [7, 11) is 0. The van der Waals surface area contributed by atoms with Crippen molar-refractivity contribution in [2.24, 2.45) is 0 Å². The first-order valence-corrected chi connectivity index (χ1v) is 6.64. The number of aliphatic hydroxyl groups excluding tert-OH is 1. The molecule has 0 aliphatic carbocycles. The van der Waals surface area contributed by atoms with E-state index in [0.29, 0.717) is 0 Å². The maximum Gasteiger partial charge on any atom is 0.148 e. The fourth-order valence-corrected chi connectivity index (χ4v) is 2.14. The average molecular weight is 303 g/mol. The number of aromatic nitrogens is 2. The lowest BCUT2D eigenvalue weighted by atomic mass is 10.3. The normalized spacial score (nSPS) is 10.4. The van der Waals surface area contributed by atoms with E-state index < -0.39 is 0 Å². The Bertz CT molecular complexity index is 348. The van der Waals surface area contributed by atoms with E-state index in [1.54, 1.807) is 6.33 Å². The molecule has 2 N–H and O–H groups in total. The molecule has 1 aromatic rings. The molecule has 0 aromatic carbocycles. The standard InChI is InChI=1S/C11H19BrN4O/c1-3-13-10-9(12)11(15-8-14-10)16(4-2)6-5-7-17/h8,17H,3-7H2,1-2H3,(H,13,14,15). The molecule has 0 spiro atoms. The van der Waals surface area contributed by atoms with Crippen molar-refractivity contribution in [3.63, 3.8) is 0 Å². The van der Waals surface area contributed by atoms with Crippen molar-refractivity contribution in [3.8, 4) is 0 Å². The third-order valence-electron chi connectivity index (χ3n) is 2.38. The monoisotopic (exact) mass is 302 g/mol. The van der Waals surface area contributed by atoms with Crippen LogP contribution in [-0.2, 0) is 0 Å². The fourth-order valence-electron chi connectivity index (χ4n) is 1.55. The van der Waals surface area contributed by atoms with Crippen molar-refractivity contribution in [3.05, 3.63) is 10.8 Å². The lowest BCUT2D eigenvalue weighted by Crippen LogP contribution is -2.26. The van der Waals surface area contributed by atoms with E-state index in [4.69, 9.17) is 5.11 Å². The van der Waals surface area contributed by atoms with E-state index in [-0.39, 0.29) is 6.61 Å². The van der Waals surface area contributed by atoms with Gasteiger partial charge in [-0.25, -0.2) is 9.97 Å². The molecule has 1 aromatic heterocycles. The zero-order chi connectivity index (χ0) is 12.7. The molecule has 0 saturated carbocycles. The van der Waals surface area contributed by atoms with E-state index in [1.165, 1.54) is 0 Å². The van der Waals surface area contributed by atoms with E-state index in [0.717, 1.165) is 42.2 Å². The van der Waals surface area contributed by atoms with Gasteiger partial charge in [-0.15, -0.1) is 0 Å².